The molecule has 0 heterocycles. The summed E-state index contributed by atoms with van der Waals surface area (Å²) in [4.78, 5) is 11.1. The van der Waals surface area contributed by atoms with Crippen LogP contribution in [0.2, 0.25) is 0 Å². The average molecular weight is 314 g/mol. The molecule has 21 heavy (non-hydrogen) atoms. The Labute approximate surface area is 126 Å². The molecule has 118 valence electrons. The molecule has 0 bridgehead atoms. The lowest BCUT2D eigenvalue weighted by molar-refractivity contribution is -0.139. The SMILES string of the molecule is CC(C)C[C@H](NS(=O)(=O)N(C)Cc1ccccc1)C(=O)O. The standard InChI is InChI=1S/C14H22N2O4S/c1-11(2)9-13(14(17)18)15-21(19,20)16(3)10-12-7-5-4-6-8-12/h4-8,11,13,15H,9-10H2,1-3H3,(H,17,18)/t13-/m0/s1. The van der Waals surface area contributed by atoms with E-state index in [4.69, 9.17) is 5.11 Å². The van der Waals surface area contributed by atoms with E-state index < -0.39 is 22.2 Å². The van der Waals surface area contributed by atoms with Crippen molar-refractivity contribution in [3.05, 3.63) is 35.9 Å². The third kappa shape index (κ3) is 5.82. The number of rotatable bonds is 8. The maximum atomic E-state index is 12.2. The molecule has 1 aromatic carbocycles. The Hall–Kier alpha value is -1.44. The molecule has 2 N–H and O–H groups in total. The first-order valence-electron chi connectivity index (χ1n) is 6.72. The lowest BCUT2D eigenvalue weighted by Gasteiger charge is -2.22. The number of carboxylic acids is 1. The lowest BCUT2D eigenvalue weighted by atomic mass is 10.1. The molecule has 0 aliphatic carbocycles. The minimum Gasteiger partial charge on any atom is -0.480 e. The summed E-state index contributed by atoms with van der Waals surface area (Å²) in [6.07, 6.45) is 0.244. The van der Waals surface area contributed by atoms with Crippen LogP contribution in [0.15, 0.2) is 30.3 Å². The van der Waals surface area contributed by atoms with Crippen molar-refractivity contribution in [2.24, 2.45) is 5.92 Å². The van der Waals surface area contributed by atoms with E-state index in [2.05, 4.69) is 4.72 Å². The second-order valence-corrected chi connectivity index (χ2v) is 7.19. The molecule has 0 unspecified atom stereocenters. The van der Waals surface area contributed by atoms with E-state index in [0.29, 0.717) is 0 Å². The van der Waals surface area contributed by atoms with Crippen LogP contribution in [0.1, 0.15) is 25.8 Å². The molecule has 0 fully saturated rings. The first kappa shape index (κ1) is 17.6. The van der Waals surface area contributed by atoms with E-state index >= 15 is 0 Å². The van der Waals surface area contributed by atoms with Gasteiger partial charge in [0.25, 0.3) is 10.2 Å². The maximum absolute atomic E-state index is 12.2. The summed E-state index contributed by atoms with van der Waals surface area (Å²) in [7, 11) is -2.43. The van der Waals surface area contributed by atoms with Crippen molar-refractivity contribution in [2.45, 2.75) is 32.9 Å². The van der Waals surface area contributed by atoms with Crippen LogP contribution < -0.4 is 4.72 Å². The molecule has 1 aromatic rings. The lowest BCUT2D eigenvalue weighted by Crippen LogP contribution is -2.47. The van der Waals surface area contributed by atoms with Crippen LogP contribution in [0, 0.1) is 5.92 Å². The highest BCUT2D eigenvalue weighted by atomic mass is 32.2. The van der Waals surface area contributed by atoms with Crippen molar-refractivity contribution in [3.63, 3.8) is 0 Å². The summed E-state index contributed by atoms with van der Waals surface area (Å²) in [6, 6.07) is 8.00. The highest BCUT2D eigenvalue weighted by Gasteiger charge is 2.27. The van der Waals surface area contributed by atoms with E-state index in [-0.39, 0.29) is 18.9 Å². The molecule has 1 rings (SSSR count). The topological polar surface area (TPSA) is 86.7 Å². The van der Waals surface area contributed by atoms with Crippen molar-refractivity contribution in [1.29, 1.82) is 0 Å². The molecular weight excluding hydrogens is 292 g/mol. The Kier molecular flexibility index (Phi) is 6.32. The number of benzene rings is 1. The number of carbonyl (C=O) groups is 1. The van der Waals surface area contributed by atoms with Gasteiger partial charge < -0.3 is 5.11 Å². The fraction of sp³-hybridized carbons (Fsp3) is 0.500. The molecular formula is C14H22N2O4S. The fourth-order valence-corrected chi connectivity index (χ4v) is 2.92. The Bertz CT molecular complexity index is 558. The molecule has 0 spiro atoms. The summed E-state index contributed by atoms with van der Waals surface area (Å²) < 4.78 is 27.7. The van der Waals surface area contributed by atoms with E-state index in [1.807, 2.05) is 44.2 Å². The first-order chi connectivity index (χ1) is 9.72. The molecule has 0 saturated heterocycles. The Balaban J connectivity index is 2.76. The number of aliphatic carboxylic acids is 1. The molecule has 0 amide bonds. The van der Waals surface area contributed by atoms with E-state index in [1.165, 1.54) is 7.05 Å². The van der Waals surface area contributed by atoms with Gasteiger partial charge in [-0.15, -0.1) is 0 Å². The molecule has 0 aliphatic heterocycles. The van der Waals surface area contributed by atoms with Crippen LogP contribution in [0.4, 0.5) is 0 Å². The zero-order chi connectivity index (χ0) is 16.0. The number of hydrogen-bond acceptors (Lipinski definition) is 3. The van der Waals surface area contributed by atoms with Crippen molar-refractivity contribution >= 4 is 16.2 Å². The van der Waals surface area contributed by atoms with Gasteiger partial charge in [0.05, 0.1) is 0 Å². The van der Waals surface area contributed by atoms with Gasteiger partial charge in [0, 0.05) is 13.6 Å². The van der Waals surface area contributed by atoms with Crippen molar-refractivity contribution in [2.75, 3.05) is 7.05 Å². The normalized spacial score (nSPS) is 13.6. The van der Waals surface area contributed by atoms with E-state index in [1.54, 1.807) is 0 Å². The molecule has 0 radical (unpaired) electrons. The van der Waals surface area contributed by atoms with Crippen LogP contribution in [0.25, 0.3) is 0 Å². The minimum absolute atomic E-state index is 0.0771. The van der Waals surface area contributed by atoms with Gasteiger partial charge in [0.1, 0.15) is 6.04 Å². The summed E-state index contributed by atoms with van der Waals surface area (Å²) >= 11 is 0. The third-order valence-corrected chi connectivity index (χ3v) is 4.49. The van der Waals surface area contributed by atoms with Crippen LogP contribution >= 0.6 is 0 Å². The van der Waals surface area contributed by atoms with E-state index in [9.17, 15) is 13.2 Å². The Morgan fingerprint density at radius 1 is 1.29 bits per heavy atom. The van der Waals surface area contributed by atoms with Crippen LogP contribution in [0.5, 0.6) is 0 Å². The number of nitrogens with zero attached hydrogens (tertiary/aromatic N) is 1. The minimum atomic E-state index is -3.85. The number of nitrogens with one attached hydrogen (secondary N) is 1. The quantitative estimate of drug-likeness (QED) is 0.760. The Morgan fingerprint density at radius 2 is 1.86 bits per heavy atom. The zero-order valence-electron chi connectivity index (χ0n) is 12.5. The van der Waals surface area contributed by atoms with Gasteiger partial charge in [-0.05, 0) is 17.9 Å². The van der Waals surface area contributed by atoms with E-state index in [0.717, 1.165) is 9.87 Å². The molecule has 0 aliphatic rings. The average Bonchev–Trinajstić information content (AvgIpc) is 2.38. The van der Waals surface area contributed by atoms with Gasteiger partial charge in [-0.3, -0.25) is 4.79 Å². The van der Waals surface area contributed by atoms with Gasteiger partial charge in [0.2, 0.25) is 0 Å². The highest BCUT2D eigenvalue weighted by Crippen LogP contribution is 2.10. The zero-order valence-corrected chi connectivity index (χ0v) is 13.3. The van der Waals surface area contributed by atoms with Gasteiger partial charge in [-0.25, -0.2) is 0 Å². The van der Waals surface area contributed by atoms with Crippen LogP contribution in [-0.4, -0.2) is 36.9 Å². The smallest absolute Gasteiger partial charge is 0.321 e. The van der Waals surface area contributed by atoms with Crippen molar-refractivity contribution in [1.82, 2.24) is 9.03 Å². The van der Waals surface area contributed by atoms with Gasteiger partial charge in [-0.2, -0.15) is 17.4 Å². The molecule has 1 atom stereocenters. The summed E-state index contributed by atoms with van der Waals surface area (Å²) in [5, 5.41) is 9.11. The number of carboxylic acid groups (broad SMARTS) is 1. The first-order valence-corrected chi connectivity index (χ1v) is 8.16. The maximum Gasteiger partial charge on any atom is 0.321 e. The van der Waals surface area contributed by atoms with Crippen LogP contribution in [-0.2, 0) is 21.5 Å². The summed E-state index contributed by atoms with van der Waals surface area (Å²) in [5.74, 6) is -1.09. The molecule has 7 heteroatoms. The summed E-state index contributed by atoms with van der Waals surface area (Å²) in [6.45, 7) is 3.88. The van der Waals surface area contributed by atoms with Crippen LogP contribution in [0.3, 0.4) is 0 Å². The second-order valence-electron chi connectivity index (χ2n) is 5.38. The largest absolute Gasteiger partial charge is 0.480 e. The van der Waals surface area contributed by atoms with Gasteiger partial charge in [0.15, 0.2) is 0 Å². The van der Waals surface area contributed by atoms with Gasteiger partial charge >= 0.3 is 5.97 Å². The molecule has 0 aromatic heterocycles. The summed E-state index contributed by atoms with van der Waals surface area (Å²) in [5.41, 5.74) is 0.834. The fourth-order valence-electron chi connectivity index (χ4n) is 1.87. The third-order valence-electron chi connectivity index (χ3n) is 2.95. The number of hydrogen-bond donors (Lipinski definition) is 2. The van der Waals surface area contributed by atoms with Gasteiger partial charge in [-0.1, -0.05) is 44.2 Å². The predicted octanol–water partition coefficient (Wildman–Crippen LogP) is 1.45. The molecule has 6 nitrogen and oxygen atoms in total. The Morgan fingerprint density at radius 3 is 2.33 bits per heavy atom. The predicted molar refractivity (Wildman–Crippen MR) is 80.8 cm³/mol. The second kappa shape index (κ2) is 7.53. The monoisotopic (exact) mass is 314 g/mol. The highest BCUT2D eigenvalue weighted by molar-refractivity contribution is 7.87. The van der Waals surface area contributed by atoms with Crippen molar-refractivity contribution < 1.29 is 18.3 Å². The molecule has 0 saturated carbocycles. The van der Waals surface area contributed by atoms with Crippen molar-refractivity contribution in [3.8, 4) is 0 Å².